The van der Waals surface area contributed by atoms with E-state index >= 15 is 0 Å². The molecule has 0 aromatic heterocycles. The monoisotopic (exact) mass is 363 g/mol. The molecule has 0 rings (SSSR count). The van der Waals surface area contributed by atoms with E-state index in [1.54, 1.807) is 0 Å². The summed E-state index contributed by atoms with van der Waals surface area (Å²) in [6.45, 7) is 17.2. The second-order valence-electron chi connectivity index (χ2n) is 8.01. The van der Waals surface area contributed by atoms with Crippen molar-refractivity contribution >= 4 is 42.6 Å². The Balaban J connectivity index is 5.10. The molecule has 22 heavy (non-hydrogen) atoms. The molecule has 0 N–H and O–H groups in total. The lowest BCUT2D eigenvalue weighted by Crippen LogP contribution is -2.36. The maximum Gasteiger partial charge on any atom is 0.343 e. The van der Waals surface area contributed by atoms with Crippen molar-refractivity contribution in [1.29, 1.82) is 0 Å². The molecule has 0 radical (unpaired) electrons. The number of hydrogen-bond donors (Lipinski definition) is 0. The molecule has 0 unspecified atom stereocenters. The smallest absolute Gasteiger partial charge is 0.343 e. The summed E-state index contributed by atoms with van der Waals surface area (Å²) in [7, 11) is -6.03. The summed E-state index contributed by atoms with van der Waals surface area (Å²) >= 11 is 0. The van der Waals surface area contributed by atoms with Gasteiger partial charge in [-0.15, -0.1) is 0 Å². The van der Waals surface area contributed by atoms with Gasteiger partial charge in [0.1, 0.15) is 0 Å². The average Bonchev–Trinajstić information content (AvgIpc) is 2.17. The fourth-order valence-electron chi connectivity index (χ4n) is 1.19. The first kappa shape index (κ1) is 21.1. The largest absolute Gasteiger partial charge is 0.520 e. The molecule has 0 aliphatic heterocycles. The van der Waals surface area contributed by atoms with Crippen molar-refractivity contribution in [3.8, 4) is 0 Å². The van der Waals surface area contributed by atoms with Gasteiger partial charge in [-0.1, -0.05) is 5.16 Å². The summed E-state index contributed by atoms with van der Waals surface area (Å²) in [5, 5.41) is 3.89. The van der Waals surface area contributed by atoms with Gasteiger partial charge in [0.25, 0.3) is 14.3 Å². The number of carbonyl (C=O) groups excluding carboxylic acids is 2. The van der Waals surface area contributed by atoms with Crippen LogP contribution in [-0.2, 0) is 23.0 Å². The first-order valence-electron chi connectivity index (χ1n) is 7.29. The molecule has 0 fully saturated rings. The molecule has 0 aromatic carbocycles. The van der Waals surface area contributed by atoms with Crippen molar-refractivity contribution in [1.82, 2.24) is 0 Å². The van der Waals surface area contributed by atoms with Gasteiger partial charge < -0.3 is 13.4 Å². The van der Waals surface area contributed by atoms with E-state index in [1.165, 1.54) is 0 Å². The van der Waals surface area contributed by atoms with Crippen LogP contribution in [0, 0.1) is 0 Å². The Morgan fingerprint density at radius 2 is 1.23 bits per heavy atom. The number of carbonyl (C=O) groups is 2. The maximum absolute atomic E-state index is 12.2. The van der Waals surface area contributed by atoms with Gasteiger partial charge in [0.05, 0.1) is 6.42 Å². The molecule has 128 valence electrons. The van der Waals surface area contributed by atoms with Crippen LogP contribution in [0.1, 0.15) is 6.42 Å². The van der Waals surface area contributed by atoms with Crippen LogP contribution in [0.15, 0.2) is 5.16 Å². The number of hydrogen-bond acceptors (Lipinski definition) is 6. The van der Waals surface area contributed by atoms with Gasteiger partial charge in [0.2, 0.25) is 16.6 Å². The quantitative estimate of drug-likeness (QED) is 0.394. The van der Waals surface area contributed by atoms with E-state index in [9.17, 15) is 9.59 Å². The summed E-state index contributed by atoms with van der Waals surface area (Å²) < 4.78 is 16.2. The molecule has 0 atom stereocenters. The minimum Gasteiger partial charge on any atom is -0.520 e. The molecule has 0 amide bonds. The Morgan fingerprint density at radius 3 is 1.59 bits per heavy atom. The van der Waals surface area contributed by atoms with Crippen molar-refractivity contribution in [2.75, 3.05) is 0 Å². The number of rotatable bonds is 7. The zero-order valence-corrected chi connectivity index (χ0v) is 18.2. The lowest BCUT2D eigenvalue weighted by atomic mass is 10.3. The van der Waals surface area contributed by atoms with Crippen LogP contribution in [0.4, 0.5) is 0 Å². The van der Waals surface area contributed by atoms with Gasteiger partial charge >= 0.3 is 5.97 Å². The van der Waals surface area contributed by atoms with Crippen LogP contribution in [-0.4, -0.2) is 42.6 Å². The molecule has 0 heterocycles. The highest BCUT2D eigenvalue weighted by molar-refractivity contribution is 6.73. The molecule has 0 saturated heterocycles. The molecule has 0 aliphatic carbocycles. The molecule has 0 aromatic rings. The average molecular weight is 364 g/mol. The summed E-state index contributed by atoms with van der Waals surface area (Å²) in [5.74, 6) is -1.06. The third-order valence-corrected chi connectivity index (χ3v) is 4.07. The highest BCUT2D eigenvalue weighted by Crippen LogP contribution is 2.10. The predicted molar refractivity (Wildman–Crippen MR) is 95.4 cm³/mol. The summed E-state index contributed by atoms with van der Waals surface area (Å²) in [6, 6.07) is 0. The van der Waals surface area contributed by atoms with Gasteiger partial charge in [-0.05, 0) is 58.9 Å². The van der Waals surface area contributed by atoms with Crippen molar-refractivity contribution < 1.29 is 23.0 Å². The molecule has 9 heteroatoms. The topological polar surface area (TPSA) is 74.2 Å². The van der Waals surface area contributed by atoms with E-state index in [2.05, 4.69) is 5.16 Å². The Kier molecular flexibility index (Phi) is 7.23. The molecular weight excluding hydrogens is 334 g/mol. The van der Waals surface area contributed by atoms with Crippen LogP contribution in [0.2, 0.25) is 58.9 Å². The first-order valence-corrected chi connectivity index (χ1v) is 17.5. The minimum atomic E-state index is -2.07. The van der Waals surface area contributed by atoms with E-state index in [4.69, 9.17) is 13.4 Å². The van der Waals surface area contributed by atoms with E-state index in [1.807, 2.05) is 58.9 Å². The predicted octanol–water partition coefficient (Wildman–Crippen LogP) is 3.34. The number of nitrogens with zero attached hydrogens (tertiary/aromatic N) is 1. The Morgan fingerprint density at radius 1 is 0.773 bits per heavy atom. The SMILES string of the molecule is C[Si](C)(C)ON=C(CC(=O)O[Si](C)(C)C)C(=O)O[Si](C)(C)C. The summed E-state index contributed by atoms with van der Waals surface area (Å²) in [6.07, 6.45) is -0.224. The summed E-state index contributed by atoms with van der Waals surface area (Å²) in [5.41, 5.74) is -0.0203. The number of oxime groups is 1. The van der Waals surface area contributed by atoms with Crippen LogP contribution in [0.25, 0.3) is 0 Å². The summed E-state index contributed by atoms with van der Waals surface area (Å²) in [4.78, 5) is 24.2. The van der Waals surface area contributed by atoms with E-state index in [-0.39, 0.29) is 12.1 Å². The third kappa shape index (κ3) is 11.7. The standard InChI is InChI=1S/C13H29NO5Si3/c1-20(2,3)17-12(15)10-11(14-19-22(7,8)9)13(16)18-21(4,5)6/h10H2,1-9H3. The minimum absolute atomic E-state index is 0.0203. The lowest BCUT2D eigenvalue weighted by molar-refractivity contribution is -0.135. The zero-order chi connectivity index (χ0) is 17.8. The molecule has 0 aliphatic rings. The highest BCUT2D eigenvalue weighted by atomic mass is 28.4. The Bertz CT molecular complexity index is 444. The molecule has 0 saturated carbocycles. The van der Waals surface area contributed by atoms with Gasteiger partial charge in [0.15, 0.2) is 5.71 Å². The van der Waals surface area contributed by atoms with Crippen LogP contribution in [0.5, 0.6) is 0 Å². The van der Waals surface area contributed by atoms with Crippen molar-refractivity contribution in [2.45, 2.75) is 65.3 Å². The zero-order valence-electron chi connectivity index (χ0n) is 15.2. The highest BCUT2D eigenvalue weighted by Gasteiger charge is 2.29. The third-order valence-electron chi connectivity index (χ3n) is 1.80. The van der Waals surface area contributed by atoms with Crippen molar-refractivity contribution in [2.24, 2.45) is 5.16 Å². The lowest BCUT2D eigenvalue weighted by Gasteiger charge is -2.21. The maximum atomic E-state index is 12.2. The Hall–Kier alpha value is -0.939. The van der Waals surface area contributed by atoms with Crippen LogP contribution >= 0.6 is 0 Å². The molecular formula is C13H29NO5Si3. The van der Waals surface area contributed by atoms with Gasteiger partial charge in [-0.2, -0.15) is 0 Å². The Labute approximate surface area is 136 Å². The molecule has 0 bridgehead atoms. The normalized spacial score (nSPS) is 13.6. The van der Waals surface area contributed by atoms with Crippen molar-refractivity contribution in [3.05, 3.63) is 0 Å². The fraction of sp³-hybridized carbons (Fsp3) is 0.769. The molecule has 6 nitrogen and oxygen atoms in total. The van der Waals surface area contributed by atoms with Gasteiger partial charge in [-0.25, -0.2) is 4.79 Å². The molecule has 0 spiro atoms. The van der Waals surface area contributed by atoms with Gasteiger partial charge in [0, 0.05) is 0 Å². The van der Waals surface area contributed by atoms with Gasteiger partial charge in [-0.3, -0.25) is 4.79 Å². The first-order chi connectivity index (χ1) is 9.59. The second-order valence-corrected chi connectivity index (χ2v) is 21.3. The van der Waals surface area contributed by atoms with E-state index in [0.29, 0.717) is 0 Å². The van der Waals surface area contributed by atoms with Crippen LogP contribution < -0.4 is 0 Å². The van der Waals surface area contributed by atoms with E-state index < -0.39 is 36.9 Å². The van der Waals surface area contributed by atoms with Crippen LogP contribution in [0.3, 0.4) is 0 Å². The fourth-order valence-corrected chi connectivity index (χ4v) is 3.00. The van der Waals surface area contributed by atoms with E-state index in [0.717, 1.165) is 0 Å². The van der Waals surface area contributed by atoms with Crippen molar-refractivity contribution in [3.63, 3.8) is 0 Å². The second kappa shape index (κ2) is 7.55.